The number of amides is 1. The molecule has 0 bridgehead atoms. The van der Waals surface area contributed by atoms with Crippen LogP contribution >= 0.6 is 0 Å². The second kappa shape index (κ2) is 7.88. The first kappa shape index (κ1) is 19.7. The van der Waals surface area contributed by atoms with Crippen LogP contribution in [0.4, 0.5) is 5.69 Å². The summed E-state index contributed by atoms with van der Waals surface area (Å²) in [5, 5.41) is 12.4. The molecule has 1 aliphatic heterocycles. The molecule has 0 unspecified atom stereocenters. The molecule has 27 heavy (non-hydrogen) atoms. The van der Waals surface area contributed by atoms with Gasteiger partial charge >= 0.3 is 5.97 Å². The van der Waals surface area contributed by atoms with Crippen molar-refractivity contribution in [3.63, 3.8) is 0 Å². The summed E-state index contributed by atoms with van der Waals surface area (Å²) in [5.41, 5.74) is 1.89. The second-order valence-corrected chi connectivity index (χ2v) is 9.35. The fourth-order valence-corrected chi connectivity index (χ4v) is 5.07. The van der Waals surface area contributed by atoms with E-state index in [0.717, 1.165) is 24.8 Å². The summed E-state index contributed by atoms with van der Waals surface area (Å²) < 4.78 is 25.3. The number of carboxylic acids is 1. The van der Waals surface area contributed by atoms with E-state index in [1.54, 1.807) is 18.2 Å². The van der Waals surface area contributed by atoms with Gasteiger partial charge in [0, 0.05) is 18.2 Å². The number of rotatable bonds is 4. The number of carbonyl (C=O) groups is 2. The van der Waals surface area contributed by atoms with E-state index in [1.165, 1.54) is 10.6 Å². The van der Waals surface area contributed by atoms with Gasteiger partial charge in [0.15, 0.2) is 0 Å². The minimum absolute atomic E-state index is 0.299. The van der Waals surface area contributed by atoms with Crippen LogP contribution in [-0.2, 0) is 21.2 Å². The summed E-state index contributed by atoms with van der Waals surface area (Å²) in [6.45, 7) is 0.444. The Balaban J connectivity index is 1.80. The minimum atomic E-state index is -3.35. The number of aliphatic carboxylic acids is 1. The highest BCUT2D eigenvalue weighted by Crippen LogP contribution is 2.30. The summed E-state index contributed by atoms with van der Waals surface area (Å²) in [6, 6.07) is 4.64. The van der Waals surface area contributed by atoms with Gasteiger partial charge in [-0.3, -0.25) is 13.9 Å². The van der Waals surface area contributed by atoms with Crippen LogP contribution < -0.4 is 9.62 Å². The van der Waals surface area contributed by atoms with Crippen LogP contribution in [0.25, 0.3) is 0 Å². The Morgan fingerprint density at radius 1 is 1.15 bits per heavy atom. The molecule has 1 aromatic carbocycles. The van der Waals surface area contributed by atoms with E-state index in [-0.39, 0.29) is 11.9 Å². The molecular formula is C19H26N2O5S. The third-order valence-corrected chi connectivity index (χ3v) is 6.65. The lowest BCUT2D eigenvalue weighted by molar-refractivity contribution is -0.142. The van der Waals surface area contributed by atoms with Gasteiger partial charge in [-0.05, 0) is 49.4 Å². The maximum atomic E-state index is 12.7. The summed E-state index contributed by atoms with van der Waals surface area (Å²) >= 11 is 0. The van der Waals surface area contributed by atoms with Crippen molar-refractivity contribution in [3.8, 4) is 0 Å². The average Bonchev–Trinajstić information content (AvgIpc) is 2.85. The largest absolute Gasteiger partial charge is 0.481 e. The molecule has 1 amide bonds. The Hall–Kier alpha value is -2.09. The van der Waals surface area contributed by atoms with Crippen LogP contribution in [0.15, 0.2) is 18.2 Å². The number of nitrogens with zero attached hydrogens (tertiary/aromatic N) is 1. The molecule has 1 saturated carbocycles. The molecule has 148 valence electrons. The summed E-state index contributed by atoms with van der Waals surface area (Å²) in [7, 11) is -3.35. The lowest BCUT2D eigenvalue weighted by Crippen LogP contribution is -2.43. The quantitative estimate of drug-likeness (QED) is 0.762. The number of sulfonamides is 1. The number of anilines is 1. The smallest absolute Gasteiger partial charge is 0.308 e. The first-order chi connectivity index (χ1) is 12.8. The fourth-order valence-electron chi connectivity index (χ4n) is 4.08. The lowest BCUT2D eigenvalue weighted by atomic mass is 9.94. The number of benzene rings is 1. The molecule has 1 aliphatic carbocycles. The highest BCUT2D eigenvalue weighted by atomic mass is 32.2. The van der Waals surface area contributed by atoms with Gasteiger partial charge in [-0.2, -0.15) is 0 Å². The van der Waals surface area contributed by atoms with Crippen molar-refractivity contribution in [3.05, 3.63) is 29.3 Å². The topological polar surface area (TPSA) is 104 Å². The zero-order valence-electron chi connectivity index (χ0n) is 15.5. The molecule has 2 N–H and O–H groups in total. The van der Waals surface area contributed by atoms with Crippen molar-refractivity contribution in [1.82, 2.24) is 5.32 Å². The van der Waals surface area contributed by atoms with Crippen molar-refractivity contribution < 1.29 is 23.1 Å². The van der Waals surface area contributed by atoms with Gasteiger partial charge < -0.3 is 10.4 Å². The molecule has 1 fully saturated rings. The second-order valence-electron chi connectivity index (χ2n) is 7.44. The van der Waals surface area contributed by atoms with Gasteiger partial charge in [0.1, 0.15) is 0 Å². The van der Waals surface area contributed by atoms with E-state index in [1.807, 2.05) is 0 Å². The standard InChI is InChI=1S/C19H26N2O5S/c1-27(25,26)21-11-5-6-13-12-14(9-10-17(13)21)18(22)20-16-8-4-2-3-7-15(16)19(23)24/h9-10,12,15-16H,2-8,11H2,1H3,(H,20,22)(H,23,24)/t15-,16+/m1/s1. The van der Waals surface area contributed by atoms with E-state index in [9.17, 15) is 23.1 Å². The SMILES string of the molecule is CS(=O)(=O)N1CCCc2cc(C(=O)N[C@H]3CCCCC[C@H]3C(=O)O)ccc21. The maximum Gasteiger partial charge on any atom is 0.308 e. The third kappa shape index (κ3) is 4.43. The molecule has 3 rings (SSSR count). The van der Waals surface area contributed by atoms with E-state index in [2.05, 4.69) is 5.32 Å². The Bertz CT molecular complexity index is 837. The van der Waals surface area contributed by atoms with Crippen LogP contribution in [0, 0.1) is 5.92 Å². The van der Waals surface area contributed by atoms with E-state index >= 15 is 0 Å². The van der Waals surface area contributed by atoms with Gasteiger partial charge in [0.25, 0.3) is 5.91 Å². The number of carbonyl (C=O) groups excluding carboxylic acids is 1. The van der Waals surface area contributed by atoms with Crippen LogP contribution in [0.2, 0.25) is 0 Å². The van der Waals surface area contributed by atoms with Crippen molar-refractivity contribution in [2.75, 3.05) is 17.1 Å². The van der Waals surface area contributed by atoms with E-state index < -0.39 is 21.9 Å². The van der Waals surface area contributed by atoms with E-state index in [0.29, 0.717) is 43.5 Å². The number of hydrogen-bond donors (Lipinski definition) is 2. The predicted molar refractivity (Wildman–Crippen MR) is 102 cm³/mol. The normalized spacial score (nSPS) is 23.2. The first-order valence-corrected chi connectivity index (χ1v) is 11.3. The molecule has 0 saturated heterocycles. The maximum absolute atomic E-state index is 12.7. The summed E-state index contributed by atoms with van der Waals surface area (Å²) in [4.78, 5) is 24.3. The van der Waals surface area contributed by atoms with Gasteiger partial charge in [-0.1, -0.05) is 19.3 Å². The van der Waals surface area contributed by atoms with Crippen LogP contribution in [0.5, 0.6) is 0 Å². The number of aryl methyl sites for hydroxylation is 1. The van der Waals surface area contributed by atoms with Crippen LogP contribution in [-0.4, -0.2) is 44.2 Å². The zero-order valence-corrected chi connectivity index (χ0v) is 16.3. The molecular weight excluding hydrogens is 368 g/mol. The first-order valence-electron chi connectivity index (χ1n) is 9.41. The lowest BCUT2D eigenvalue weighted by Gasteiger charge is -2.29. The number of fused-ring (bicyclic) bond motifs is 1. The minimum Gasteiger partial charge on any atom is -0.481 e. The highest BCUT2D eigenvalue weighted by Gasteiger charge is 2.31. The van der Waals surface area contributed by atoms with E-state index in [4.69, 9.17) is 0 Å². The van der Waals surface area contributed by atoms with Crippen molar-refractivity contribution in [2.24, 2.45) is 5.92 Å². The molecule has 0 radical (unpaired) electrons. The molecule has 2 aliphatic rings. The van der Waals surface area contributed by atoms with Gasteiger partial charge in [-0.25, -0.2) is 8.42 Å². The van der Waals surface area contributed by atoms with Crippen LogP contribution in [0.3, 0.4) is 0 Å². The Morgan fingerprint density at radius 2 is 1.89 bits per heavy atom. The molecule has 8 heteroatoms. The van der Waals surface area contributed by atoms with Gasteiger partial charge in [0.2, 0.25) is 10.0 Å². The molecule has 7 nitrogen and oxygen atoms in total. The monoisotopic (exact) mass is 394 g/mol. The van der Waals surface area contributed by atoms with Gasteiger partial charge in [-0.15, -0.1) is 0 Å². The third-order valence-electron chi connectivity index (χ3n) is 5.47. The van der Waals surface area contributed by atoms with Gasteiger partial charge in [0.05, 0.1) is 17.9 Å². The average molecular weight is 394 g/mol. The Kier molecular flexibility index (Phi) is 5.74. The zero-order chi connectivity index (χ0) is 19.6. The van der Waals surface area contributed by atoms with Crippen molar-refractivity contribution in [2.45, 2.75) is 51.0 Å². The number of carboxylic acid groups (broad SMARTS) is 1. The van der Waals surface area contributed by atoms with Crippen LogP contribution in [0.1, 0.15) is 54.4 Å². The Morgan fingerprint density at radius 3 is 2.59 bits per heavy atom. The predicted octanol–water partition coefficient (Wildman–Crippen LogP) is 2.16. The highest BCUT2D eigenvalue weighted by molar-refractivity contribution is 7.92. The summed E-state index contributed by atoms with van der Waals surface area (Å²) in [5.74, 6) is -1.72. The Labute approximate surface area is 159 Å². The van der Waals surface area contributed by atoms with Crippen molar-refractivity contribution >= 4 is 27.6 Å². The number of hydrogen-bond acceptors (Lipinski definition) is 4. The molecule has 2 atom stereocenters. The fraction of sp³-hybridized carbons (Fsp3) is 0.579. The summed E-state index contributed by atoms with van der Waals surface area (Å²) in [6.07, 6.45) is 6.59. The molecule has 0 aromatic heterocycles. The molecule has 0 spiro atoms. The number of nitrogens with one attached hydrogen (secondary N) is 1. The molecule has 1 heterocycles. The molecule has 1 aromatic rings. The van der Waals surface area contributed by atoms with Crippen molar-refractivity contribution in [1.29, 1.82) is 0 Å².